The van der Waals surface area contributed by atoms with E-state index in [1.165, 1.54) is 16.8 Å². The lowest BCUT2D eigenvalue weighted by molar-refractivity contribution is -0.392. The van der Waals surface area contributed by atoms with Crippen molar-refractivity contribution in [2.45, 2.75) is 19.6 Å². The number of imidazole rings is 1. The molecule has 1 N–H and O–H groups in total. The van der Waals surface area contributed by atoms with Crippen molar-refractivity contribution in [2.24, 2.45) is 0 Å². The molecule has 0 radical (unpaired) electrons. The highest BCUT2D eigenvalue weighted by Crippen LogP contribution is 2.23. The van der Waals surface area contributed by atoms with Crippen LogP contribution in [0.5, 0.6) is 5.88 Å². The van der Waals surface area contributed by atoms with Gasteiger partial charge in [0.05, 0.1) is 0 Å². The number of halogens is 3. The molecule has 130 valence electrons. The summed E-state index contributed by atoms with van der Waals surface area (Å²) < 4.78 is 47.0. The van der Waals surface area contributed by atoms with Crippen LogP contribution in [0.1, 0.15) is 5.82 Å². The van der Waals surface area contributed by atoms with Crippen molar-refractivity contribution in [3.05, 3.63) is 22.1 Å². The van der Waals surface area contributed by atoms with E-state index in [1.807, 2.05) is 0 Å². The van der Waals surface area contributed by atoms with Gasteiger partial charge in [-0.3, -0.25) is 10.1 Å². The van der Waals surface area contributed by atoms with Crippen molar-refractivity contribution in [3.8, 4) is 5.88 Å². The quantitative estimate of drug-likeness (QED) is 0.603. The van der Waals surface area contributed by atoms with E-state index in [-0.39, 0.29) is 19.0 Å². The Morgan fingerprint density at radius 1 is 1.50 bits per heavy atom. The molecular weight excluding hydrogens is 341 g/mol. The zero-order chi connectivity index (χ0) is 17.9. The SMILES string of the molecule is Cc1ncc([N+](=O)[O-])n1CCOc1nonc1NC(=O)C(F)(F)F. The van der Waals surface area contributed by atoms with Crippen molar-refractivity contribution >= 4 is 17.5 Å². The third-order valence-corrected chi connectivity index (χ3v) is 2.72. The zero-order valence-electron chi connectivity index (χ0n) is 11.9. The van der Waals surface area contributed by atoms with E-state index in [4.69, 9.17) is 4.74 Å². The van der Waals surface area contributed by atoms with Gasteiger partial charge in [-0.2, -0.15) is 13.2 Å². The summed E-state index contributed by atoms with van der Waals surface area (Å²) in [6.07, 6.45) is -4.06. The second-order valence-electron chi connectivity index (χ2n) is 4.29. The molecule has 0 aliphatic rings. The Morgan fingerprint density at radius 2 is 2.21 bits per heavy atom. The largest absolute Gasteiger partial charge is 0.471 e. The molecule has 0 unspecified atom stereocenters. The molecule has 0 aromatic carbocycles. The monoisotopic (exact) mass is 350 g/mol. The topological polar surface area (TPSA) is 138 Å². The number of amides is 1. The summed E-state index contributed by atoms with van der Waals surface area (Å²) in [5.74, 6) is -3.36. The van der Waals surface area contributed by atoms with Gasteiger partial charge in [-0.1, -0.05) is 0 Å². The van der Waals surface area contributed by atoms with Crippen LogP contribution in [0.3, 0.4) is 0 Å². The molecule has 14 heteroatoms. The van der Waals surface area contributed by atoms with Crippen LogP contribution in [0.25, 0.3) is 0 Å². The van der Waals surface area contributed by atoms with E-state index in [9.17, 15) is 28.1 Å². The first kappa shape index (κ1) is 17.2. The number of hydrogen-bond donors (Lipinski definition) is 1. The van der Waals surface area contributed by atoms with Crippen LogP contribution < -0.4 is 10.1 Å². The summed E-state index contributed by atoms with van der Waals surface area (Å²) in [5.41, 5.74) is 0. The Morgan fingerprint density at radius 3 is 2.83 bits per heavy atom. The lowest BCUT2D eigenvalue weighted by Crippen LogP contribution is -2.30. The summed E-state index contributed by atoms with van der Waals surface area (Å²) in [5, 5.41) is 18.5. The highest BCUT2D eigenvalue weighted by molar-refractivity contribution is 5.94. The van der Waals surface area contributed by atoms with Gasteiger partial charge >= 0.3 is 23.8 Å². The molecule has 0 aliphatic carbocycles. The Balaban J connectivity index is 1.99. The fourth-order valence-corrected chi connectivity index (χ4v) is 1.64. The highest BCUT2D eigenvalue weighted by atomic mass is 19.4. The standard InChI is InChI=1S/C10H9F3N6O5/c1-5-14-4-6(19(21)22)18(5)2-3-23-8-7(16-24-17-8)15-9(20)10(11,12)13/h4H,2-3H2,1H3,(H,15,16,20). The van der Waals surface area contributed by atoms with E-state index in [2.05, 4.69) is 19.9 Å². The normalized spacial score (nSPS) is 11.3. The predicted molar refractivity (Wildman–Crippen MR) is 68.1 cm³/mol. The number of carbonyl (C=O) groups excluding carboxylic acids is 1. The number of aryl methyl sites for hydroxylation is 1. The second-order valence-corrected chi connectivity index (χ2v) is 4.29. The summed E-state index contributed by atoms with van der Waals surface area (Å²) in [4.78, 5) is 24.8. The lowest BCUT2D eigenvalue weighted by Gasteiger charge is -2.07. The Labute approximate surface area is 130 Å². The number of alkyl halides is 3. The van der Waals surface area contributed by atoms with E-state index in [0.29, 0.717) is 5.82 Å². The fraction of sp³-hybridized carbons (Fsp3) is 0.400. The summed E-state index contributed by atoms with van der Waals surface area (Å²) >= 11 is 0. The molecule has 11 nitrogen and oxygen atoms in total. The van der Waals surface area contributed by atoms with Gasteiger partial charge in [-0.05, 0) is 15.2 Å². The number of anilines is 1. The zero-order valence-corrected chi connectivity index (χ0v) is 11.9. The molecule has 2 heterocycles. The van der Waals surface area contributed by atoms with Gasteiger partial charge in [-0.25, -0.2) is 14.2 Å². The Bertz CT molecular complexity index is 754. The third kappa shape index (κ3) is 3.76. The molecule has 0 aliphatic heterocycles. The van der Waals surface area contributed by atoms with Crippen molar-refractivity contribution in [1.82, 2.24) is 19.9 Å². The summed E-state index contributed by atoms with van der Waals surface area (Å²) in [6, 6.07) is 0. The second kappa shape index (κ2) is 6.51. The van der Waals surface area contributed by atoms with Gasteiger partial charge in [0.15, 0.2) is 5.82 Å². The van der Waals surface area contributed by atoms with Gasteiger partial charge in [0.25, 0.3) is 0 Å². The van der Waals surface area contributed by atoms with Crippen LogP contribution in [0.15, 0.2) is 10.8 Å². The van der Waals surface area contributed by atoms with Crippen LogP contribution in [0.2, 0.25) is 0 Å². The highest BCUT2D eigenvalue weighted by Gasteiger charge is 2.40. The molecule has 0 atom stereocenters. The van der Waals surface area contributed by atoms with Crippen molar-refractivity contribution in [2.75, 3.05) is 11.9 Å². The van der Waals surface area contributed by atoms with Gasteiger partial charge in [0, 0.05) is 6.92 Å². The third-order valence-electron chi connectivity index (χ3n) is 2.72. The van der Waals surface area contributed by atoms with Crippen LogP contribution in [-0.2, 0) is 11.3 Å². The van der Waals surface area contributed by atoms with Gasteiger partial charge in [0.1, 0.15) is 19.3 Å². The van der Waals surface area contributed by atoms with E-state index in [0.717, 1.165) is 6.20 Å². The fourth-order valence-electron chi connectivity index (χ4n) is 1.64. The molecule has 0 bridgehead atoms. The molecule has 2 rings (SSSR count). The molecule has 0 fully saturated rings. The molecule has 0 saturated carbocycles. The molecule has 0 spiro atoms. The Kier molecular flexibility index (Phi) is 4.66. The maximum atomic E-state index is 12.2. The molecule has 0 saturated heterocycles. The molecule has 2 aromatic heterocycles. The smallest absolute Gasteiger partial charge is 0.469 e. The first-order valence-electron chi connectivity index (χ1n) is 6.20. The number of rotatable bonds is 6. The molecule has 1 amide bonds. The number of ether oxygens (including phenoxy) is 1. The van der Waals surface area contributed by atoms with Crippen molar-refractivity contribution in [3.63, 3.8) is 0 Å². The van der Waals surface area contributed by atoms with E-state index >= 15 is 0 Å². The van der Waals surface area contributed by atoms with Gasteiger partial charge in [0.2, 0.25) is 5.82 Å². The molecular formula is C10H9F3N6O5. The summed E-state index contributed by atoms with van der Waals surface area (Å²) in [6.45, 7) is 1.27. The van der Waals surface area contributed by atoms with Crippen LogP contribution in [-0.4, -0.2) is 43.5 Å². The lowest BCUT2D eigenvalue weighted by atomic mass is 10.5. The number of carbonyl (C=O) groups is 1. The first-order chi connectivity index (χ1) is 11.2. The minimum Gasteiger partial charge on any atom is -0.469 e. The minimum atomic E-state index is -5.12. The minimum absolute atomic E-state index is 0.0400. The molecule has 24 heavy (non-hydrogen) atoms. The van der Waals surface area contributed by atoms with E-state index < -0.39 is 28.7 Å². The van der Waals surface area contributed by atoms with Crippen LogP contribution >= 0.6 is 0 Å². The van der Waals surface area contributed by atoms with Crippen LogP contribution in [0, 0.1) is 17.0 Å². The number of aromatic nitrogens is 4. The molecule has 2 aromatic rings. The van der Waals surface area contributed by atoms with Crippen LogP contribution in [0.4, 0.5) is 24.8 Å². The Hall–Kier alpha value is -3.19. The number of nitrogens with one attached hydrogen (secondary N) is 1. The van der Waals surface area contributed by atoms with E-state index in [1.54, 1.807) is 0 Å². The summed E-state index contributed by atoms with van der Waals surface area (Å²) in [7, 11) is 0. The predicted octanol–water partition coefficient (Wildman–Crippen LogP) is 1.06. The van der Waals surface area contributed by atoms with Crippen molar-refractivity contribution < 1.29 is 32.3 Å². The number of nitrogens with zero attached hydrogens (tertiary/aromatic N) is 5. The maximum Gasteiger partial charge on any atom is 0.471 e. The average Bonchev–Trinajstić information content (AvgIpc) is 3.06. The number of nitro groups is 1. The average molecular weight is 350 g/mol. The van der Waals surface area contributed by atoms with Gasteiger partial charge < -0.3 is 14.9 Å². The first-order valence-corrected chi connectivity index (χ1v) is 6.20. The maximum absolute atomic E-state index is 12.2. The van der Waals surface area contributed by atoms with Crippen molar-refractivity contribution in [1.29, 1.82) is 0 Å². The number of hydrogen-bond acceptors (Lipinski definition) is 8. The van der Waals surface area contributed by atoms with Gasteiger partial charge in [-0.15, -0.1) is 0 Å².